The Bertz CT molecular complexity index is 468. The van der Waals surface area contributed by atoms with Crippen LogP contribution in [0.1, 0.15) is 49.4 Å². The van der Waals surface area contributed by atoms with Crippen LogP contribution in [0.25, 0.3) is 0 Å². The van der Waals surface area contributed by atoms with Gasteiger partial charge in [-0.05, 0) is 32.8 Å². The first kappa shape index (κ1) is 13.1. The molecule has 0 aromatic heterocycles. The molecular weight excluding hydrogens is 224 g/mol. The molecule has 98 valence electrons. The van der Waals surface area contributed by atoms with Crippen LogP contribution in [0.4, 0.5) is 5.69 Å². The lowest BCUT2D eigenvalue weighted by molar-refractivity contribution is -0.117. The molecule has 0 saturated carbocycles. The molecule has 0 spiro atoms. The molecule has 0 fully saturated rings. The number of fused-ring (bicyclic) bond motifs is 1. The monoisotopic (exact) mass is 246 g/mol. The number of aryl methyl sites for hydroxylation is 2. The second-order valence-electron chi connectivity index (χ2n) is 5.32. The van der Waals surface area contributed by atoms with Crippen molar-refractivity contribution < 1.29 is 4.79 Å². The number of anilines is 1. The summed E-state index contributed by atoms with van der Waals surface area (Å²) < 4.78 is 0. The molecule has 0 radical (unpaired) electrons. The highest BCUT2D eigenvalue weighted by atomic mass is 16.2. The molecule has 3 nitrogen and oxygen atoms in total. The van der Waals surface area contributed by atoms with E-state index in [0.717, 1.165) is 29.7 Å². The number of rotatable bonds is 4. The first-order chi connectivity index (χ1) is 8.52. The lowest BCUT2D eigenvalue weighted by Crippen LogP contribution is -2.34. The zero-order valence-electron chi connectivity index (χ0n) is 11.6. The molecule has 18 heavy (non-hydrogen) atoms. The van der Waals surface area contributed by atoms with Crippen molar-refractivity contribution in [1.29, 1.82) is 0 Å². The summed E-state index contributed by atoms with van der Waals surface area (Å²) in [6, 6.07) is 4.38. The Morgan fingerprint density at radius 1 is 1.39 bits per heavy atom. The fraction of sp³-hybridized carbons (Fsp3) is 0.533. The third kappa shape index (κ3) is 2.41. The van der Waals surface area contributed by atoms with E-state index in [4.69, 9.17) is 0 Å². The maximum atomic E-state index is 12.1. The highest BCUT2D eigenvalue weighted by molar-refractivity contribution is 6.03. The van der Waals surface area contributed by atoms with Gasteiger partial charge in [-0.25, -0.2) is 0 Å². The molecule has 0 saturated heterocycles. The third-order valence-corrected chi connectivity index (χ3v) is 3.50. The van der Waals surface area contributed by atoms with Crippen LogP contribution >= 0.6 is 0 Å². The molecule has 3 heteroatoms. The molecule has 1 amide bonds. The fourth-order valence-electron chi connectivity index (χ4n) is 2.70. The van der Waals surface area contributed by atoms with Gasteiger partial charge >= 0.3 is 0 Å². The minimum absolute atomic E-state index is 0.0710. The van der Waals surface area contributed by atoms with Crippen LogP contribution in [0.5, 0.6) is 0 Å². The zero-order valence-corrected chi connectivity index (χ0v) is 11.6. The van der Waals surface area contributed by atoms with E-state index in [-0.39, 0.29) is 11.9 Å². The normalized spacial score (nSPS) is 19.6. The molecule has 1 heterocycles. The summed E-state index contributed by atoms with van der Waals surface area (Å²) in [4.78, 5) is 12.1. The van der Waals surface area contributed by atoms with E-state index >= 15 is 0 Å². The standard InChI is InChI=1S/C15H22N2O/c1-5-6-11(4)16-14-12-8-9(2)7-10(3)13(12)17-15(14)18/h7-8,11,14,16H,5-6H2,1-4H3,(H,17,18). The van der Waals surface area contributed by atoms with Gasteiger partial charge in [-0.1, -0.05) is 31.0 Å². The van der Waals surface area contributed by atoms with Crippen LogP contribution in [0, 0.1) is 13.8 Å². The van der Waals surface area contributed by atoms with Gasteiger partial charge in [-0.3, -0.25) is 10.1 Å². The number of nitrogens with one attached hydrogen (secondary N) is 2. The summed E-state index contributed by atoms with van der Waals surface area (Å²) in [5.41, 5.74) is 4.44. The summed E-state index contributed by atoms with van der Waals surface area (Å²) in [5.74, 6) is 0.0710. The Balaban J connectivity index is 2.27. The predicted molar refractivity (Wildman–Crippen MR) is 74.8 cm³/mol. The van der Waals surface area contributed by atoms with Gasteiger partial charge in [0, 0.05) is 17.3 Å². The predicted octanol–water partition coefficient (Wildman–Crippen LogP) is 3.07. The summed E-state index contributed by atoms with van der Waals surface area (Å²) in [6.45, 7) is 8.42. The van der Waals surface area contributed by atoms with E-state index in [1.165, 1.54) is 5.56 Å². The molecule has 1 aromatic rings. The first-order valence-corrected chi connectivity index (χ1v) is 6.71. The van der Waals surface area contributed by atoms with Gasteiger partial charge in [0.05, 0.1) is 0 Å². The van der Waals surface area contributed by atoms with Crippen molar-refractivity contribution in [3.8, 4) is 0 Å². The van der Waals surface area contributed by atoms with Crippen LogP contribution in [0.3, 0.4) is 0 Å². The summed E-state index contributed by atoms with van der Waals surface area (Å²) in [6.07, 6.45) is 2.21. The molecule has 0 aliphatic carbocycles. The lowest BCUT2D eigenvalue weighted by Gasteiger charge is -2.18. The molecule has 2 atom stereocenters. The van der Waals surface area contributed by atoms with Crippen LogP contribution in [-0.2, 0) is 4.79 Å². The highest BCUT2D eigenvalue weighted by Gasteiger charge is 2.32. The van der Waals surface area contributed by atoms with E-state index in [1.807, 2.05) is 6.92 Å². The van der Waals surface area contributed by atoms with Crippen molar-refractivity contribution in [2.45, 2.75) is 52.6 Å². The van der Waals surface area contributed by atoms with Crippen LogP contribution < -0.4 is 10.6 Å². The van der Waals surface area contributed by atoms with Crippen molar-refractivity contribution in [3.63, 3.8) is 0 Å². The number of carbonyl (C=O) groups is 1. The molecule has 0 bridgehead atoms. The smallest absolute Gasteiger partial charge is 0.246 e. The number of benzene rings is 1. The minimum Gasteiger partial charge on any atom is -0.324 e. The lowest BCUT2D eigenvalue weighted by atomic mass is 10.0. The topological polar surface area (TPSA) is 41.1 Å². The van der Waals surface area contributed by atoms with Crippen LogP contribution in [0.2, 0.25) is 0 Å². The maximum absolute atomic E-state index is 12.1. The van der Waals surface area contributed by atoms with E-state index < -0.39 is 0 Å². The third-order valence-electron chi connectivity index (χ3n) is 3.50. The van der Waals surface area contributed by atoms with Crippen LogP contribution in [-0.4, -0.2) is 11.9 Å². The average Bonchev–Trinajstić information content (AvgIpc) is 2.58. The quantitative estimate of drug-likeness (QED) is 0.857. The van der Waals surface area contributed by atoms with E-state index in [1.54, 1.807) is 0 Å². The van der Waals surface area contributed by atoms with Gasteiger partial charge in [0.25, 0.3) is 0 Å². The number of hydrogen-bond donors (Lipinski definition) is 2. The van der Waals surface area contributed by atoms with E-state index in [2.05, 4.69) is 43.5 Å². The summed E-state index contributed by atoms with van der Waals surface area (Å²) >= 11 is 0. The molecule has 1 aromatic carbocycles. The van der Waals surface area contributed by atoms with Crippen LogP contribution in [0.15, 0.2) is 12.1 Å². The van der Waals surface area contributed by atoms with Gasteiger partial charge in [-0.15, -0.1) is 0 Å². The molecule has 2 N–H and O–H groups in total. The highest BCUT2D eigenvalue weighted by Crippen LogP contribution is 2.34. The molecular formula is C15H22N2O. The summed E-state index contributed by atoms with van der Waals surface area (Å²) in [5, 5.41) is 6.42. The van der Waals surface area contributed by atoms with Gasteiger partial charge in [0.2, 0.25) is 5.91 Å². The minimum atomic E-state index is -0.194. The van der Waals surface area contributed by atoms with Crippen molar-refractivity contribution in [2.24, 2.45) is 0 Å². The van der Waals surface area contributed by atoms with E-state index in [9.17, 15) is 4.79 Å². The maximum Gasteiger partial charge on any atom is 0.246 e. The van der Waals surface area contributed by atoms with Crippen molar-refractivity contribution in [1.82, 2.24) is 5.32 Å². The Labute approximate surface area is 109 Å². The van der Waals surface area contributed by atoms with Gasteiger partial charge in [0.1, 0.15) is 6.04 Å². The average molecular weight is 246 g/mol. The first-order valence-electron chi connectivity index (χ1n) is 6.71. The SMILES string of the molecule is CCCC(C)NC1C(=O)Nc2c(C)cc(C)cc21. The summed E-state index contributed by atoms with van der Waals surface area (Å²) in [7, 11) is 0. The second-order valence-corrected chi connectivity index (χ2v) is 5.32. The van der Waals surface area contributed by atoms with Crippen molar-refractivity contribution >= 4 is 11.6 Å². The Hall–Kier alpha value is -1.35. The van der Waals surface area contributed by atoms with Crippen molar-refractivity contribution in [3.05, 3.63) is 28.8 Å². The molecule has 2 unspecified atom stereocenters. The molecule has 2 rings (SSSR count). The Kier molecular flexibility index (Phi) is 3.71. The van der Waals surface area contributed by atoms with Gasteiger partial charge in [0.15, 0.2) is 0 Å². The number of amides is 1. The Morgan fingerprint density at radius 3 is 2.78 bits per heavy atom. The van der Waals surface area contributed by atoms with Crippen molar-refractivity contribution in [2.75, 3.05) is 5.32 Å². The van der Waals surface area contributed by atoms with Gasteiger partial charge in [-0.2, -0.15) is 0 Å². The molecule has 1 aliphatic heterocycles. The number of hydrogen-bond acceptors (Lipinski definition) is 2. The molecule has 1 aliphatic rings. The second kappa shape index (κ2) is 5.11. The Morgan fingerprint density at radius 2 is 2.11 bits per heavy atom. The number of carbonyl (C=O) groups excluding carboxylic acids is 1. The van der Waals surface area contributed by atoms with E-state index in [0.29, 0.717) is 6.04 Å². The van der Waals surface area contributed by atoms with Gasteiger partial charge < -0.3 is 5.32 Å². The fourth-order valence-corrected chi connectivity index (χ4v) is 2.70. The largest absolute Gasteiger partial charge is 0.324 e. The zero-order chi connectivity index (χ0) is 13.3.